The van der Waals surface area contributed by atoms with Crippen LogP contribution in [0.5, 0.6) is 0 Å². The van der Waals surface area contributed by atoms with Crippen LogP contribution >= 0.6 is 27.3 Å². The summed E-state index contributed by atoms with van der Waals surface area (Å²) in [4.78, 5) is 6.13. The molecule has 0 aromatic carbocycles. The summed E-state index contributed by atoms with van der Waals surface area (Å²) in [5.74, 6) is -0.0578. The molecule has 0 aliphatic carbocycles. The highest BCUT2D eigenvalue weighted by Gasteiger charge is 2.15. The third kappa shape index (κ3) is 2.08. The summed E-state index contributed by atoms with van der Waals surface area (Å²) < 4.78 is 13.9. The molecule has 0 N–H and O–H groups in total. The number of anilines is 1. The maximum Gasteiger partial charge on any atom is 0.186 e. The molecule has 1 aromatic heterocycles. The first kappa shape index (κ1) is 9.15. The zero-order chi connectivity index (χ0) is 9.26. The summed E-state index contributed by atoms with van der Waals surface area (Å²) in [6.45, 7) is 1.22. The molecule has 70 valence electrons. The van der Waals surface area contributed by atoms with Crippen LogP contribution in [0.15, 0.2) is 21.9 Å². The lowest BCUT2D eigenvalue weighted by molar-refractivity contribution is 0.574. The lowest BCUT2D eigenvalue weighted by Gasteiger charge is -2.23. The topological polar surface area (TPSA) is 16.1 Å². The molecule has 0 spiro atoms. The van der Waals surface area contributed by atoms with E-state index < -0.39 is 0 Å². The van der Waals surface area contributed by atoms with Gasteiger partial charge in [-0.1, -0.05) is 11.3 Å². The fraction of sp³-hybridized carbons (Fsp3) is 0.375. The van der Waals surface area contributed by atoms with Gasteiger partial charge in [-0.15, -0.1) is 0 Å². The van der Waals surface area contributed by atoms with Crippen LogP contribution in [-0.4, -0.2) is 18.1 Å². The van der Waals surface area contributed by atoms with Crippen molar-refractivity contribution in [1.82, 2.24) is 4.98 Å². The molecule has 0 saturated carbocycles. The van der Waals surface area contributed by atoms with Gasteiger partial charge in [0.1, 0.15) is 5.83 Å². The minimum Gasteiger partial charge on any atom is -0.341 e. The predicted octanol–water partition coefficient (Wildman–Crippen LogP) is 2.97. The van der Waals surface area contributed by atoms with Gasteiger partial charge in [0, 0.05) is 6.54 Å². The Morgan fingerprint density at radius 2 is 2.46 bits per heavy atom. The molecule has 2 rings (SSSR count). The fourth-order valence-electron chi connectivity index (χ4n) is 1.26. The molecular formula is C8H8BrFN2S. The van der Waals surface area contributed by atoms with E-state index in [1.54, 1.807) is 12.3 Å². The maximum absolute atomic E-state index is 12.9. The van der Waals surface area contributed by atoms with E-state index >= 15 is 0 Å². The van der Waals surface area contributed by atoms with Crippen molar-refractivity contribution in [3.63, 3.8) is 0 Å². The van der Waals surface area contributed by atoms with Gasteiger partial charge in [-0.05, 0) is 28.4 Å². The average molecular weight is 263 g/mol. The van der Waals surface area contributed by atoms with Gasteiger partial charge in [-0.25, -0.2) is 9.37 Å². The van der Waals surface area contributed by atoms with Crippen molar-refractivity contribution in [2.24, 2.45) is 0 Å². The van der Waals surface area contributed by atoms with Gasteiger partial charge in [-0.3, -0.25) is 0 Å². The van der Waals surface area contributed by atoms with Crippen LogP contribution in [0.2, 0.25) is 0 Å². The zero-order valence-corrected chi connectivity index (χ0v) is 9.24. The van der Waals surface area contributed by atoms with Crippen LogP contribution in [-0.2, 0) is 0 Å². The summed E-state index contributed by atoms with van der Waals surface area (Å²) in [5, 5.41) is 0.884. The third-order valence-electron chi connectivity index (χ3n) is 1.84. The maximum atomic E-state index is 12.9. The Morgan fingerprint density at radius 1 is 1.62 bits per heavy atom. The highest BCUT2D eigenvalue weighted by atomic mass is 79.9. The third-order valence-corrected chi connectivity index (χ3v) is 3.38. The molecule has 1 aliphatic heterocycles. The lowest BCUT2D eigenvalue weighted by atomic mass is 10.2. The Hall–Kier alpha value is -0.420. The molecule has 2 nitrogen and oxygen atoms in total. The quantitative estimate of drug-likeness (QED) is 0.774. The Kier molecular flexibility index (Phi) is 2.64. The number of hydrogen-bond acceptors (Lipinski definition) is 3. The van der Waals surface area contributed by atoms with E-state index in [1.807, 2.05) is 4.90 Å². The highest BCUT2D eigenvalue weighted by Crippen LogP contribution is 2.28. The van der Waals surface area contributed by atoms with Gasteiger partial charge in [0.25, 0.3) is 0 Å². The zero-order valence-electron chi connectivity index (χ0n) is 6.83. The van der Waals surface area contributed by atoms with E-state index in [4.69, 9.17) is 0 Å². The second-order valence-electron chi connectivity index (χ2n) is 2.81. The molecule has 0 atom stereocenters. The Morgan fingerprint density at radius 3 is 3.08 bits per heavy atom. The standard InChI is InChI=1S/C8H8BrFN2S/c9-7-4-11-8(13-7)12-3-1-2-6(10)5-12/h2,4H,1,3,5H2. The predicted molar refractivity (Wildman–Crippen MR) is 55.8 cm³/mol. The van der Waals surface area contributed by atoms with Crippen LogP contribution in [0.1, 0.15) is 6.42 Å². The first-order valence-corrected chi connectivity index (χ1v) is 5.57. The summed E-state index contributed by atoms with van der Waals surface area (Å²) in [7, 11) is 0. The van der Waals surface area contributed by atoms with Crippen LogP contribution in [0, 0.1) is 0 Å². The fourth-order valence-corrected chi connectivity index (χ4v) is 2.47. The van der Waals surface area contributed by atoms with E-state index in [1.165, 1.54) is 11.3 Å². The summed E-state index contributed by atoms with van der Waals surface area (Å²) >= 11 is 4.87. The largest absolute Gasteiger partial charge is 0.341 e. The minimum atomic E-state index is -0.0578. The second-order valence-corrected chi connectivity index (χ2v) is 5.20. The number of thiazole rings is 1. The van der Waals surface area contributed by atoms with Crippen LogP contribution in [0.4, 0.5) is 9.52 Å². The van der Waals surface area contributed by atoms with E-state index in [9.17, 15) is 4.39 Å². The Labute approximate surface area is 88.2 Å². The molecule has 13 heavy (non-hydrogen) atoms. The Bertz CT molecular complexity index is 337. The summed E-state index contributed by atoms with van der Waals surface area (Å²) in [6, 6.07) is 0. The van der Waals surface area contributed by atoms with Gasteiger partial charge in [0.2, 0.25) is 0 Å². The molecule has 5 heteroatoms. The second kappa shape index (κ2) is 3.75. The number of nitrogens with zero attached hydrogens (tertiary/aromatic N) is 2. The molecule has 0 fully saturated rings. The van der Waals surface area contributed by atoms with Crippen LogP contribution in [0.3, 0.4) is 0 Å². The van der Waals surface area contributed by atoms with Crippen molar-refractivity contribution < 1.29 is 4.39 Å². The van der Waals surface area contributed by atoms with Crippen molar-refractivity contribution in [2.45, 2.75) is 6.42 Å². The van der Waals surface area contributed by atoms with Gasteiger partial charge in [-0.2, -0.15) is 0 Å². The first-order valence-electron chi connectivity index (χ1n) is 3.96. The van der Waals surface area contributed by atoms with Gasteiger partial charge in [0.05, 0.1) is 16.5 Å². The summed E-state index contributed by atoms with van der Waals surface area (Å²) in [5.41, 5.74) is 0. The Balaban J connectivity index is 2.14. The monoisotopic (exact) mass is 262 g/mol. The molecule has 0 saturated heterocycles. The van der Waals surface area contributed by atoms with Crippen molar-refractivity contribution in [3.8, 4) is 0 Å². The molecule has 0 amide bonds. The SMILES string of the molecule is FC1=CCCN(c2ncc(Br)s2)C1. The number of rotatable bonds is 1. The van der Waals surface area contributed by atoms with E-state index in [-0.39, 0.29) is 5.83 Å². The van der Waals surface area contributed by atoms with Gasteiger partial charge < -0.3 is 4.90 Å². The molecule has 2 heterocycles. The molecule has 0 unspecified atom stereocenters. The van der Waals surface area contributed by atoms with Crippen LogP contribution in [0.25, 0.3) is 0 Å². The van der Waals surface area contributed by atoms with E-state index in [0.29, 0.717) is 6.54 Å². The summed E-state index contributed by atoms with van der Waals surface area (Å²) in [6.07, 6.45) is 4.15. The van der Waals surface area contributed by atoms with Crippen molar-refractivity contribution >= 4 is 32.4 Å². The van der Waals surface area contributed by atoms with Crippen molar-refractivity contribution in [1.29, 1.82) is 0 Å². The van der Waals surface area contributed by atoms with E-state index in [0.717, 1.165) is 21.9 Å². The highest BCUT2D eigenvalue weighted by molar-refractivity contribution is 9.11. The van der Waals surface area contributed by atoms with Crippen molar-refractivity contribution in [2.75, 3.05) is 18.0 Å². The smallest absolute Gasteiger partial charge is 0.186 e. The normalized spacial score (nSPS) is 17.4. The first-order chi connectivity index (χ1) is 6.25. The van der Waals surface area contributed by atoms with Gasteiger partial charge >= 0.3 is 0 Å². The van der Waals surface area contributed by atoms with E-state index in [2.05, 4.69) is 20.9 Å². The number of halogens is 2. The molecule has 0 bridgehead atoms. The molecule has 1 aliphatic rings. The van der Waals surface area contributed by atoms with Crippen molar-refractivity contribution in [3.05, 3.63) is 21.9 Å². The minimum absolute atomic E-state index is 0.0578. The van der Waals surface area contributed by atoms with Crippen LogP contribution < -0.4 is 4.90 Å². The molecular weight excluding hydrogens is 255 g/mol. The molecule has 1 aromatic rings. The number of aromatic nitrogens is 1. The lowest BCUT2D eigenvalue weighted by Crippen LogP contribution is -2.28. The van der Waals surface area contributed by atoms with Gasteiger partial charge in [0.15, 0.2) is 5.13 Å². The number of hydrogen-bond donors (Lipinski definition) is 0. The molecule has 0 radical (unpaired) electrons. The average Bonchev–Trinajstić information content (AvgIpc) is 2.52.